The Labute approximate surface area is 125 Å². The molecule has 3 N–H and O–H groups in total. The smallest absolute Gasteiger partial charge is 0.315 e. The van der Waals surface area contributed by atoms with Crippen LogP contribution in [0.5, 0.6) is 0 Å². The monoisotopic (exact) mass is 299 g/mol. The van der Waals surface area contributed by atoms with Crippen molar-refractivity contribution in [2.24, 2.45) is 5.92 Å². The summed E-state index contributed by atoms with van der Waals surface area (Å²) in [6.45, 7) is 4.95. The van der Waals surface area contributed by atoms with Gasteiger partial charge in [0.15, 0.2) is 0 Å². The zero-order chi connectivity index (χ0) is 14.5. The van der Waals surface area contributed by atoms with Crippen LogP contribution in [-0.2, 0) is 4.79 Å². The minimum atomic E-state index is -0.0293. The third-order valence-electron chi connectivity index (χ3n) is 3.79. The van der Waals surface area contributed by atoms with Gasteiger partial charge in [-0.15, -0.1) is 0 Å². The minimum absolute atomic E-state index is 0.0293. The number of nitrogens with one attached hydrogen (secondary N) is 3. The molecule has 0 aromatic heterocycles. The average molecular weight is 299 g/mol. The number of hydrogen-bond acceptors (Lipinski definition) is 3. The van der Waals surface area contributed by atoms with E-state index >= 15 is 0 Å². The van der Waals surface area contributed by atoms with Gasteiger partial charge in [-0.2, -0.15) is 11.8 Å². The molecule has 2 fully saturated rings. The lowest BCUT2D eigenvalue weighted by Crippen LogP contribution is -2.36. The summed E-state index contributed by atoms with van der Waals surface area (Å²) in [6.07, 6.45) is 3.67. The highest BCUT2D eigenvalue weighted by molar-refractivity contribution is 8.00. The first kappa shape index (κ1) is 15.5. The third-order valence-corrected chi connectivity index (χ3v) is 5.30. The molecule has 0 saturated carbocycles. The van der Waals surface area contributed by atoms with Gasteiger partial charge >= 0.3 is 6.03 Å². The van der Waals surface area contributed by atoms with Crippen molar-refractivity contribution >= 4 is 23.7 Å². The predicted molar refractivity (Wildman–Crippen MR) is 81.8 cm³/mol. The van der Waals surface area contributed by atoms with E-state index in [0.717, 1.165) is 31.6 Å². The molecule has 114 valence electrons. The van der Waals surface area contributed by atoms with E-state index in [1.807, 2.05) is 11.8 Å². The second kappa shape index (κ2) is 7.20. The van der Waals surface area contributed by atoms with Gasteiger partial charge < -0.3 is 16.0 Å². The molecule has 2 heterocycles. The highest BCUT2D eigenvalue weighted by Gasteiger charge is 2.42. The first-order valence-corrected chi connectivity index (χ1v) is 8.56. The molecule has 3 atom stereocenters. The fraction of sp³-hybridized carbons (Fsp3) is 0.857. The Balaban J connectivity index is 1.57. The molecule has 2 aliphatic rings. The molecule has 0 aliphatic carbocycles. The highest BCUT2D eigenvalue weighted by atomic mass is 32.2. The summed E-state index contributed by atoms with van der Waals surface area (Å²) in [5, 5.41) is 9.38. The summed E-state index contributed by atoms with van der Waals surface area (Å²) in [5.41, 5.74) is 0. The summed E-state index contributed by atoms with van der Waals surface area (Å²) in [6, 6.07) is 0.549. The van der Waals surface area contributed by atoms with Crippen molar-refractivity contribution in [3.63, 3.8) is 0 Å². The van der Waals surface area contributed by atoms with Crippen LogP contribution in [0.15, 0.2) is 0 Å². The fourth-order valence-corrected chi connectivity index (χ4v) is 4.22. The van der Waals surface area contributed by atoms with Crippen LogP contribution in [0.2, 0.25) is 0 Å². The SMILES string of the molecule is CC(C)CNC(=O)CCCCC1SCC2NC(=O)NC21. The molecule has 3 amide bonds. The zero-order valence-corrected chi connectivity index (χ0v) is 13.1. The number of carbonyl (C=O) groups is 2. The van der Waals surface area contributed by atoms with Gasteiger partial charge in [-0.05, 0) is 18.8 Å². The van der Waals surface area contributed by atoms with Crippen molar-refractivity contribution in [1.82, 2.24) is 16.0 Å². The Morgan fingerprint density at radius 1 is 1.40 bits per heavy atom. The number of thioether (sulfide) groups is 1. The molecule has 0 aromatic carbocycles. The molecule has 0 bridgehead atoms. The van der Waals surface area contributed by atoms with Crippen LogP contribution in [0.25, 0.3) is 0 Å². The van der Waals surface area contributed by atoms with Crippen LogP contribution in [0.3, 0.4) is 0 Å². The fourth-order valence-electron chi connectivity index (χ4n) is 2.68. The molecule has 5 nitrogen and oxygen atoms in total. The van der Waals surface area contributed by atoms with E-state index in [-0.39, 0.29) is 18.0 Å². The van der Waals surface area contributed by atoms with Crippen LogP contribution in [0.4, 0.5) is 4.79 Å². The molecular weight excluding hydrogens is 274 g/mol. The van der Waals surface area contributed by atoms with E-state index in [9.17, 15) is 9.59 Å². The standard InChI is InChI=1S/C14H25N3O2S/c1-9(2)7-15-12(18)6-4-3-5-11-13-10(8-20-11)16-14(19)17-13/h9-11,13H,3-8H2,1-2H3,(H,15,18)(H2,16,17,19). The topological polar surface area (TPSA) is 70.2 Å². The first-order chi connectivity index (χ1) is 9.56. The van der Waals surface area contributed by atoms with Crippen LogP contribution in [0, 0.1) is 5.92 Å². The van der Waals surface area contributed by atoms with Gasteiger partial charge in [0, 0.05) is 24.0 Å². The van der Waals surface area contributed by atoms with E-state index < -0.39 is 0 Å². The molecule has 0 aromatic rings. The van der Waals surface area contributed by atoms with Crippen molar-refractivity contribution in [2.45, 2.75) is 56.9 Å². The lowest BCUT2D eigenvalue weighted by atomic mass is 10.0. The quantitative estimate of drug-likeness (QED) is 0.493. The summed E-state index contributed by atoms with van der Waals surface area (Å²) in [4.78, 5) is 22.8. The van der Waals surface area contributed by atoms with Crippen molar-refractivity contribution in [3.8, 4) is 0 Å². The number of hydrogen-bond donors (Lipinski definition) is 3. The molecule has 2 aliphatic heterocycles. The second-order valence-corrected chi connectivity index (χ2v) is 7.34. The minimum Gasteiger partial charge on any atom is -0.356 e. The Hall–Kier alpha value is -0.910. The largest absolute Gasteiger partial charge is 0.356 e. The van der Waals surface area contributed by atoms with Crippen molar-refractivity contribution in [1.29, 1.82) is 0 Å². The number of amides is 3. The predicted octanol–water partition coefficient (Wildman–Crippen LogP) is 1.48. The maximum atomic E-state index is 11.6. The maximum absolute atomic E-state index is 11.6. The highest BCUT2D eigenvalue weighted by Crippen LogP contribution is 2.33. The summed E-state index contributed by atoms with van der Waals surface area (Å²) < 4.78 is 0. The number of urea groups is 1. The Bertz CT molecular complexity index is 362. The molecule has 0 spiro atoms. The third kappa shape index (κ3) is 4.30. The Morgan fingerprint density at radius 2 is 2.20 bits per heavy atom. The Kier molecular flexibility index (Phi) is 5.57. The summed E-state index contributed by atoms with van der Waals surface area (Å²) in [7, 11) is 0. The Morgan fingerprint density at radius 3 is 2.95 bits per heavy atom. The normalized spacial score (nSPS) is 28.1. The first-order valence-electron chi connectivity index (χ1n) is 7.51. The summed E-state index contributed by atoms with van der Waals surface area (Å²) in [5.74, 6) is 1.67. The van der Waals surface area contributed by atoms with Gasteiger partial charge in [-0.25, -0.2) is 4.79 Å². The van der Waals surface area contributed by atoms with Crippen LogP contribution < -0.4 is 16.0 Å². The van der Waals surface area contributed by atoms with Crippen LogP contribution >= 0.6 is 11.8 Å². The van der Waals surface area contributed by atoms with Crippen molar-refractivity contribution in [2.75, 3.05) is 12.3 Å². The van der Waals surface area contributed by atoms with E-state index in [2.05, 4.69) is 29.8 Å². The number of unbranched alkanes of at least 4 members (excludes halogenated alkanes) is 1. The number of fused-ring (bicyclic) bond motifs is 1. The van der Waals surface area contributed by atoms with E-state index in [0.29, 0.717) is 23.6 Å². The molecule has 6 heteroatoms. The van der Waals surface area contributed by atoms with Gasteiger partial charge in [0.2, 0.25) is 5.91 Å². The number of carbonyl (C=O) groups excluding carboxylic acids is 2. The average Bonchev–Trinajstić information content (AvgIpc) is 2.92. The zero-order valence-electron chi connectivity index (χ0n) is 12.3. The van der Waals surface area contributed by atoms with E-state index in [4.69, 9.17) is 0 Å². The lowest BCUT2D eigenvalue weighted by molar-refractivity contribution is -0.121. The van der Waals surface area contributed by atoms with Gasteiger partial charge in [-0.1, -0.05) is 20.3 Å². The van der Waals surface area contributed by atoms with Gasteiger partial charge in [-0.3, -0.25) is 4.79 Å². The van der Waals surface area contributed by atoms with E-state index in [1.54, 1.807) is 0 Å². The molecule has 0 radical (unpaired) electrons. The molecular formula is C14H25N3O2S. The second-order valence-electron chi connectivity index (χ2n) is 6.07. The molecule has 20 heavy (non-hydrogen) atoms. The summed E-state index contributed by atoms with van der Waals surface area (Å²) >= 11 is 1.93. The van der Waals surface area contributed by atoms with Gasteiger partial charge in [0.1, 0.15) is 0 Å². The molecule has 3 unspecified atom stereocenters. The number of rotatable bonds is 7. The van der Waals surface area contributed by atoms with Gasteiger partial charge in [0.25, 0.3) is 0 Å². The maximum Gasteiger partial charge on any atom is 0.315 e. The molecule has 2 saturated heterocycles. The lowest BCUT2D eigenvalue weighted by Gasteiger charge is -2.16. The van der Waals surface area contributed by atoms with E-state index in [1.165, 1.54) is 0 Å². The van der Waals surface area contributed by atoms with Crippen molar-refractivity contribution in [3.05, 3.63) is 0 Å². The van der Waals surface area contributed by atoms with Crippen LogP contribution in [0.1, 0.15) is 39.5 Å². The van der Waals surface area contributed by atoms with Crippen molar-refractivity contribution < 1.29 is 9.59 Å². The van der Waals surface area contributed by atoms with Crippen LogP contribution in [-0.4, -0.2) is 41.6 Å². The molecule has 2 rings (SSSR count). The van der Waals surface area contributed by atoms with Gasteiger partial charge in [0.05, 0.1) is 12.1 Å².